The third-order valence-corrected chi connectivity index (χ3v) is 6.32. The molecule has 2 heterocycles. The number of alkyl halides is 9. The molecular formula is C26H23F9N2O5S. The minimum absolute atomic E-state index is 0.0891. The highest BCUT2D eigenvalue weighted by molar-refractivity contribution is 7.82. The summed E-state index contributed by atoms with van der Waals surface area (Å²) in [5.74, 6) is -0.727. The van der Waals surface area contributed by atoms with Crippen LogP contribution >= 0.6 is 0 Å². The van der Waals surface area contributed by atoms with E-state index < -0.39 is 40.8 Å². The summed E-state index contributed by atoms with van der Waals surface area (Å²) in [5.41, 5.74) is -1.38. The number of ether oxygens (including phenoxy) is 3. The number of rotatable bonds is 2. The lowest BCUT2D eigenvalue weighted by Crippen LogP contribution is -2.19. The Morgan fingerprint density at radius 2 is 1.26 bits per heavy atom. The van der Waals surface area contributed by atoms with Crippen molar-refractivity contribution in [3.8, 4) is 17.2 Å². The van der Waals surface area contributed by atoms with Crippen LogP contribution in [0.2, 0.25) is 0 Å². The molecular weight excluding hydrogens is 623 g/mol. The van der Waals surface area contributed by atoms with E-state index in [1.165, 1.54) is 24.3 Å². The topological polar surface area (TPSA) is 103 Å². The summed E-state index contributed by atoms with van der Waals surface area (Å²) in [6, 6.07) is 10.1. The third-order valence-electron chi connectivity index (χ3n) is 5.59. The van der Waals surface area contributed by atoms with Crippen LogP contribution in [0.5, 0.6) is 17.2 Å². The van der Waals surface area contributed by atoms with Gasteiger partial charge in [-0.2, -0.15) is 26.3 Å². The molecule has 0 amide bonds. The Morgan fingerprint density at radius 1 is 0.791 bits per heavy atom. The van der Waals surface area contributed by atoms with Crippen LogP contribution in [0.25, 0.3) is 0 Å². The SMILES string of the molecule is FC(F)(F)c1ccc2c(c1)Oc1cc(C(F)(F)F)ccc1N2.NS(=O)c1ccc(OC(F)(F)F)cc1.OC1CCOCC1. The molecule has 0 spiro atoms. The van der Waals surface area contributed by atoms with E-state index in [-0.39, 0.29) is 39.6 Å². The predicted molar refractivity (Wildman–Crippen MR) is 136 cm³/mol. The van der Waals surface area contributed by atoms with Gasteiger partial charge in [0, 0.05) is 13.2 Å². The second-order valence-electron chi connectivity index (χ2n) is 8.80. The average Bonchev–Trinajstić information content (AvgIpc) is 2.91. The molecule has 7 nitrogen and oxygen atoms in total. The molecule has 17 heteroatoms. The van der Waals surface area contributed by atoms with Crippen molar-refractivity contribution in [3.05, 3.63) is 71.8 Å². The summed E-state index contributed by atoms with van der Waals surface area (Å²) in [6.45, 7) is 1.47. The number of nitrogens with two attached hydrogens (primary N) is 1. The maximum Gasteiger partial charge on any atom is 0.573 e. The molecule has 2 aliphatic heterocycles. The highest BCUT2D eigenvalue weighted by Crippen LogP contribution is 2.46. The number of nitrogens with one attached hydrogen (secondary N) is 1. The molecule has 3 aromatic carbocycles. The maximum absolute atomic E-state index is 12.6. The van der Waals surface area contributed by atoms with Gasteiger partial charge in [-0.05, 0) is 73.5 Å². The van der Waals surface area contributed by atoms with E-state index in [0.717, 1.165) is 62.5 Å². The van der Waals surface area contributed by atoms with E-state index in [1.807, 2.05) is 0 Å². The Labute approximate surface area is 240 Å². The monoisotopic (exact) mass is 646 g/mol. The molecule has 1 atom stereocenters. The molecule has 43 heavy (non-hydrogen) atoms. The van der Waals surface area contributed by atoms with Crippen LogP contribution in [0.3, 0.4) is 0 Å². The first-order valence-electron chi connectivity index (χ1n) is 12.1. The summed E-state index contributed by atoms with van der Waals surface area (Å²) >= 11 is 0. The number of hydrogen-bond acceptors (Lipinski definition) is 6. The average molecular weight is 647 g/mol. The number of anilines is 2. The van der Waals surface area contributed by atoms with Crippen LogP contribution in [0, 0.1) is 0 Å². The highest BCUT2D eigenvalue weighted by Gasteiger charge is 2.34. The molecule has 1 saturated heterocycles. The van der Waals surface area contributed by atoms with Gasteiger partial charge in [-0.3, -0.25) is 0 Å². The van der Waals surface area contributed by atoms with Crippen molar-refractivity contribution in [1.82, 2.24) is 0 Å². The van der Waals surface area contributed by atoms with E-state index in [4.69, 9.17) is 19.7 Å². The fourth-order valence-corrected chi connectivity index (χ4v) is 3.90. The highest BCUT2D eigenvalue weighted by atomic mass is 32.2. The molecule has 1 unspecified atom stereocenters. The smallest absolute Gasteiger partial charge is 0.453 e. The summed E-state index contributed by atoms with van der Waals surface area (Å²) in [5, 5.41) is 16.6. The quantitative estimate of drug-likeness (QED) is 0.198. The van der Waals surface area contributed by atoms with Gasteiger partial charge in [-0.25, -0.2) is 9.35 Å². The molecule has 4 N–H and O–H groups in total. The Hall–Kier alpha value is -3.54. The minimum Gasteiger partial charge on any atom is -0.453 e. The normalized spacial score (nSPS) is 15.6. The van der Waals surface area contributed by atoms with E-state index >= 15 is 0 Å². The fraction of sp³-hybridized carbons (Fsp3) is 0.308. The van der Waals surface area contributed by atoms with Gasteiger partial charge in [0.1, 0.15) is 16.7 Å². The lowest BCUT2D eigenvalue weighted by Gasteiger charge is -2.23. The van der Waals surface area contributed by atoms with Gasteiger partial charge < -0.3 is 24.6 Å². The van der Waals surface area contributed by atoms with Crippen LogP contribution in [-0.4, -0.2) is 35.0 Å². The Bertz CT molecular complexity index is 1330. The number of halogens is 9. The van der Waals surface area contributed by atoms with Gasteiger partial charge in [0.25, 0.3) is 0 Å². The summed E-state index contributed by atoms with van der Waals surface area (Å²) in [4.78, 5) is 0.236. The molecule has 0 saturated carbocycles. The number of aliphatic hydroxyl groups is 1. The van der Waals surface area contributed by atoms with Crippen molar-refractivity contribution in [2.24, 2.45) is 5.14 Å². The van der Waals surface area contributed by atoms with Gasteiger partial charge in [-0.1, -0.05) is 0 Å². The first-order chi connectivity index (χ1) is 19.9. The van der Waals surface area contributed by atoms with Gasteiger partial charge in [0.05, 0.1) is 33.5 Å². The van der Waals surface area contributed by atoms with Crippen molar-refractivity contribution < 1.29 is 63.0 Å². The van der Waals surface area contributed by atoms with Crippen LogP contribution in [-0.2, 0) is 28.1 Å². The minimum atomic E-state index is -4.72. The van der Waals surface area contributed by atoms with Crippen molar-refractivity contribution in [2.45, 2.75) is 42.6 Å². The third kappa shape index (κ3) is 10.6. The Morgan fingerprint density at radius 3 is 1.60 bits per heavy atom. The van der Waals surface area contributed by atoms with Crippen molar-refractivity contribution in [3.63, 3.8) is 0 Å². The largest absolute Gasteiger partial charge is 0.573 e. The fourth-order valence-electron chi connectivity index (χ4n) is 3.50. The van der Waals surface area contributed by atoms with Gasteiger partial charge in [-0.15, -0.1) is 13.2 Å². The van der Waals surface area contributed by atoms with Gasteiger partial charge >= 0.3 is 18.7 Å². The molecule has 3 aromatic rings. The molecule has 2 aliphatic rings. The zero-order valence-corrected chi connectivity index (χ0v) is 22.5. The number of hydrogen-bond donors (Lipinski definition) is 3. The Kier molecular flexibility index (Phi) is 10.9. The molecule has 1 fully saturated rings. The zero-order valence-electron chi connectivity index (χ0n) is 21.6. The van der Waals surface area contributed by atoms with Crippen molar-refractivity contribution in [1.29, 1.82) is 0 Å². The summed E-state index contributed by atoms with van der Waals surface area (Å²) < 4.78 is 135. The number of benzene rings is 3. The lowest BCUT2D eigenvalue weighted by atomic mass is 10.1. The van der Waals surface area contributed by atoms with E-state index in [9.17, 15) is 43.7 Å². The standard InChI is InChI=1S/C14H7F6NO.C7H6F3NO2S.C5H10O2/c15-13(16,17)7-1-3-9-11(5-7)22-12-6-8(14(18,19)20)2-4-10(12)21-9;8-7(9,10)13-5-1-3-6(4-2-5)14(11)12;6-5-1-3-7-4-2-5/h1-6,21H;1-4H,11H2;5-6H,1-4H2. The predicted octanol–water partition coefficient (Wildman–Crippen LogP) is 7.30. The summed E-state index contributed by atoms with van der Waals surface area (Å²) in [7, 11) is -1.70. The van der Waals surface area contributed by atoms with Gasteiger partial charge in [0.15, 0.2) is 11.5 Å². The lowest BCUT2D eigenvalue weighted by molar-refractivity contribution is -0.274. The molecule has 236 valence electrons. The molecule has 0 aliphatic carbocycles. The van der Waals surface area contributed by atoms with Crippen LogP contribution < -0.4 is 19.9 Å². The molecule has 0 bridgehead atoms. The second-order valence-corrected chi connectivity index (χ2v) is 9.87. The molecule has 0 aromatic heterocycles. The maximum atomic E-state index is 12.6. The van der Waals surface area contributed by atoms with Crippen LogP contribution in [0.4, 0.5) is 50.9 Å². The number of fused-ring (bicyclic) bond motifs is 2. The first kappa shape index (κ1) is 34.0. The zero-order chi connectivity index (χ0) is 32.0. The van der Waals surface area contributed by atoms with Gasteiger partial charge in [0.2, 0.25) is 0 Å². The molecule has 0 radical (unpaired) electrons. The van der Waals surface area contributed by atoms with E-state index in [1.54, 1.807) is 0 Å². The van der Waals surface area contributed by atoms with E-state index in [0.29, 0.717) is 0 Å². The summed E-state index contributed by atoms with van der Waals surface area (Å²) in [6.07, 6.45) is -12.3. The Balaban J connectivity index is 0.000000205. The van der Waals surface area contributed by atoms with Crippen LogP contribution in [0.15, 0.2) is 65.6 Å². The van der Waals surface area contributed by atoms with Crippen molar-refractivity contribution >= 4 is 22.4 Å². The van der Waals surface area contributed by atoms with E-state index in [2.05, 4.69) is 10.1 Å². The van der Waals surface area contributed by atoms with Crippen molar-refractivity contribution in [2.75, 3.05) is 18.5 Å². The first-order valence-corrected chi connectivity index (χ1v) is 13.3. The number of aliphatic hydroxyl groups excluding tert-OH is 1. The van der Waals surface area contributed by atoms with Crippen LogP contribution in [0.1, 0.15) is 24.0 Å². The second kappa shape index (κ2) is 13.8. The molecule has 5 rings (SSSR count).